The van der Waals surface area contributed by atoms with Crippen LogP contribution in [0.3, 0.4) is 0 Å². The highest BCUT2D eigenvalue weighted by Gasteiger charge is 2.49. The molecular weight excluding hydrogens is 284 g/mol. The second kappa shape index (κ2) is 6.99. The molecule has 130 valence electrons. The largest absolute Gasteiger partial charge is 0.455 e. The lowest BCUT2D eigenvalue weighted by Gasteiger charge is -2.51. The number of esters is 1. The molecule has 0 aliphatic heterocycles. The highest BCUT2D eigenvalue weighted by Crippen LogP contribution is 2.54. The summed E-state index contributed by atoms with van der Waals surface area (Å²) < 4.78 is 6.18. The quantitative estimate of drug-likeness (QED) is 0.475. The summed E-state index contributed by atoms with van der Waals surface area (Å²) in [6.07, 6.45) is 18.2. The Hall–Kier alpha value is -0.790. The molecule has 0 N–H and O–H groups in total. The van der Waals surface area contributed by atoms with E-state index in [1.165, 1.54) is 77.0 Å². The van der Waals surface area contributed by atoms with Gasteiger partial charge in [-0.05, 0) is 69.6 Å². The zero-order valence-electron chi connectivity index (χ0n) is 15.0. The van der Waals surface area contributed by atoms with Crippen molar-refractivity contribution in [3.63, 3.8) is 0 Å². The molecule has 0 aromatic heterocycles. The normalized spacial score (nSPS) is 27.5. The minimum Gasteiger partial charge on any atom is -0.455 e. The SMILES string of the molecule is C=C(C)C(=O)OC1(C2CCCCC2)CCC2(CCCCC2)CC1. The summed E-state index contributed by atoms with van der Waals surface area (Å²) in [5, 5.41) is 0. The second-order valence-corrected chi connectivity index (χ2v) is 8.63. The van der Waals surface area contributed by atoms with Crippen LogP contribution in [0, 0.1) is 11.3 Å². The van der Waals surface area contributed by atoms with Crippen LogP contribution in [0.15, 0.2) is 12.2 Å². The summed E-state index contributed by atoms with van der Waals surface area (Å²) in [5.41, 5.74) is 0.948. The van der Waals surface area contributed by atoms with E-state index in [1.807, 2.05) is 0 Å². The molecule has 0 saturated heterocycles. The van der Waals surface area contributed by atoms with Crippen LogP contribution in [0.1, 0.15) is 96.8 Å². The first-order valence-corrected chi connectivity index (χ1v) is 9.94. The minimum atomic E-state index is -0.181. The number of hydrogen-bond donors (Lipinski definition) is 0. The molecule has 0 bridgehead atoms. The smallest absolute Gasteiger partial charge is 0.333 e. The van der Waals surface area contributed by atoms with E-state index in [1.54, 1.807) is 6.92 Å². The van der Waals surface area contributed by atoms with E-state index in [4.69, 9.17) is 4.74 Å². The van der Waals surface area contributed by atoms with Gasteiger partial charge in [0.15, 0.2) is 0 Å². The van der Waals surface area contributed by atoms with E-state index < -0.39 is 0 Å². The van der Waals surface area contributed by atoms with E-state index in [0.29, 0.717) is 16.9 Å². The molecule has 2 nitrogen and oxygen atoms in total. The maximum Gasteiger partial charge on any atom is 0.333 e. The van der Waals surface area contributed by atoms with Crippen molar-refractivity contribution in [2.45, 2.75) is 102 Å². The van der Waals surface area contributed by atoms with Crippen LogP contribution in [0.25, 0.3) is 0 Å². The van der Waals surface area contributed by atoms with Crippen LogP contribution in [0.2, 0.25) is 0 Å². The molecule has 0 amide bonds. The van der Waals surface area contributed by atoms with Gasteiger partial charge in [0.05, 0.1) is 0 Å². The summed E-state index contributed by atoms with van der Waals surface area (Å²) in [6, 6.07) is 0. The van der Waals surface area contributed by atoms with Crippen molar-refractivity contribution in [2.75, 3.05) is 0 Å². The average Bonchev–Trinajstić information content (AvgIpc) is 2.59. The van der Waals surface area contributed by atoms with Gasteiger partial charge in [-0.15, -0.1) is 0 Å². The minimum absolute atomic E-state index is 0.157. The fraction of sp³-hybridized carbons (Fsp3) is 0.857. The number of hydrogen-bond acceptors (Lipinski definition) is 2. The van der Waals surface area contributed by atoms with Gasteiger partial charge in [-0.1, -0.05) is 45.1 Å². The lowest BCUT2D eigenvalue weighted by Crippen LogP contribution is -2.49. The van der Waals surface area contributed by atoms with E-state index in [-0.39, 0.29) is 11.6 Å². The Kier molecular flexibility index (Phi) is 5.18. The highest BCUT2D eigenvalue weighted by molar-refractivity contribution is 5.87. The molecule has 3 rings (SSSR count). The van der Waals surface area contributed by atoms with Crippen molar-refractivity contribution in [1.29, 1.82) is 0 Å². The first-order valence-electron chi connectivity index (χ1n) is 9.94. The topological polar surface area (TPSA) is 26.3 Å². The van der Waals surface area contributed by atoms with Gasteiger partial charge in [0, 0.05) is 5.57 Å². The Morgan fingerprint density at radius 3 is 2.00 bits per heavy atom. The highest BCUT2D eigenvalue weighted by atomic mass is 16.6. The fourth-order valence-electron chi connectivity index (χ4n) is 5.50. The molecule has 0 radical (unpaired) electrons. The Bertz CT molecular complexity index is 429. The summed E-state index contributed by atoms with van der Waals surface area (Å²) in [7, 11) is 0. The zero-order valence-corrected chi connectivity index (χ0v) is 15.0. The van der Waals surface area contributed by atoms with Gasteiger partial charge >= 0.3 is 5.97 Å². The number of carbonyl (C=O) groups excluding carboxylic acids is 1. The number of rotatable bonds is 3. The first kappa shape index (κ1) is 17.0. The van der Waals surface area contributed by atoms with Gasteiger partial charge in [-0.3, -0.25) is 0 Å². The Morgan fingerprint density at radius 2 is 1.43 bits per heavy atom. The van der Waals surface area contributed by atoms with Crippen LogP contribution in [0.4, 0.5) is 0 Å². The van der Waals surface area contributed by atoms with Crippen molar-refractivity contribution in [1.82, 2.24) is 0 Å². The van der Waals surface area contributed by atoms with E-state index in [0.717, 1.165) is 12.8 Å². The predicted octanol–water partition coefficient (Wildman–Crippen LogP) is 5.95. The van der Waals surface area contributed by atoms with Crippen LogP contribution in [0.5, 0.6) is 0 Å². The molecule has 0 heterocycles. The maximum absolute atomic E-state index is 12.3. The second-order valence-electron chi connectivity index (χ2n) is 8.63. The fourth-order valence-corrected chi connectivity index (χ4v) is 5.50. The van der Waals surface area contributed by atoms with E-state index in [9.17, 15) is 4.79 Å². The van der Waals surface area contributed by atoms with Gasteiger partial charge in [0.25, 0.3) is 0 Å². The Labute approximate surface area is 142 Å². The van der Waals surface area contributed by atoms with Gasteiger partial charge in [0.2, 0.25) is 0 Å². The summed E-state index contributed by atoms with van der Waals surface area (Å²) in [6.45, 7) is 5.59. The molecule has 3 aliphatic rings. The standard InChI is InChI=1S/C21H34O2/c1-17(2)19(22)23-21(18-9-5-3-6-10-18)15-13-20(14-16-21)11-7-4-8-12-20/h18H,1,3-16H2,2H3. The molecule has 3 fully saturated rings. The number of ether oxygens (including phenoxy) is 1. The monoisotopic (exact) mass is 318 g/mol. The molecule has 3 aliphatic carbocycles. The molecule has 0 atom stereocenters. The summed E-state index contributed by atoms with van der Waals surface area (Å²) in [4.78, 5) is 12.3. The van der Waals surface area contributed by atoms with Crippen LogP contribution >= 0.6 is 0 Å². The van der Waals surface area contributed by atoms with Crippen LogP contribution in [-0.4, -0.2) is 11.6 Å². The molecule has 1 spiro atoms. The molecular formula is C21H34O2. The zero-order chi connectivity index (χ0) is 16.3. The van der Waals surface area contributed by atoms with Crippen LogP contribution < -0.4 is 0 Å². The van der Waals surface area contributed by atoms with Crippen LogP contribution in [-0.2, 0) is 9.53 Å². The molecule has 2 heteroatoms. The molecule has 0 aromatic rings. The first-order chi connectivity index (χ1) is 11.1. The Balaban J connectivity index is 1.74. The molecule has 3 saturated carbocycles. The van der Waals surface area contributed by atoms with E-state index >= 15 is 0 Å². The summed E-state index contributed by atoms with van der Waals surface area (Å²) in [5.74, 6) is 0.427. The average molecular weight is 319 g/mol. The van der Waals surface area contributed by atoms with Crippen molar-refractivity contribution < 1.29 is 9.53 Å². The van der Waals surface area contributed by atoms with Gasteiger partial charge in [0.1, 0.15) is 5.60 Å². The molecule has 23 heavy (non-hydrogen) atoms. The van der Waals surface area contributed by atoms with E-state index in [2.05, 4.69) is 6.58 Å². The van der Waals surface area contributed by atoms with Crippen molar-refractivity contribution in [3.8, 4) is 0 Å². The van der Waals surface area contributed by atoms with Gasteiger partial charge < -0.3 is 4.74 Å². The third kappa shape index (κ3) is 3.67. The maximum atomic E-state index is 12.3. The molecule has 0 aromatic carbocycles. The van der Waals surface area contributed by atoms with Crippen molar-refractivity contribution in [2.24, 2.45) is 11.3 Å². The third-order valence-corrected chi connectivity index (χ3v) is 7.06. The predicted molar refractivity (Wildman–Crippen MR) is 94.2 cm³/mol. The summed E-state index contributed by atoms with van der Waals surface area (Å²) >= 11 is 0. The van der Waals surface area contributed by atoms with Crippen molar-refractivity contribution >= 4 is 5.97 Å². The Morgan fingerprint density at radius 1 is 0.870 bits per heavy atom. The number of carbonyl (C=O) groups is 1. The molecule has 0 unspecified atom stereocenters. The third-order valence-electron chi connectivity index (χ3n) is 7.06. The van der Waals surface area contributed by atoms with Gasteiger partial charge in [-0.25, -0.2) is 4.79 Å². The van der Waals surface area contributed by atoms with Gasteiger partial charge in [-0.2, -0.15) is 0 Å². The lowest BCUT2D eigenvalue weighted by molar-refractivity contribution is -0.174. The van der Waals surface area contributed by atoms with Crippen molar-refractivity contribution in [3.05, 3.63) is 12.2 Å². The lowest BCUT2D eigenvalue weighted by atomic mass is 9.58.